The largest absolute Gasteiger partial charge is 0.342 e. The number of hydrogen-bond donors (Lipinski definition) is 1. The smallest absolute Gasteiger partial charge is 0.226 e. The monoisotopic (exact) mass is 238 g/mol. The molecule has 1 N–H and O–H groups in total. The molecule has 1 amide bonds. The van der Waals surface area contributed by atoms with E-state index < -0.39 is 0 Å². The minimum atomic E-state index is 0.123. The van der Waals surface area contributed by atoms with E-state index in [0.29, 0.717) is 11.3 Å². The topological polar surface area (TPSA) is 32.3 Å². The van der Waals surface area contributed by atoms with Gasteiger partial charge in [-0.3, -0.25) is 4.79 Å². The molecule has 1 unspecified atom stereocenters. The van der Waals surface area contributed by atoms with E-state index in [-0.39, 0.29) is 5.92 Å². The van der Waals surface area contributed by atoms with Crippen molar-refractivity contribution in [2.75, 3.05) is 26.7 Å². The highest BCUT2D eigenvalue weighted by Crippen LogP contribution is 2.46. The fourth-order valence-electron chi connectivity index (χ4n) is 3.53. The molecule has 2 fully saturated rings. The minimum absolute atomic E-state index is 0.123. The molecule has 1 heterocycles. The number of nitrogens with zero attached hydrogens (tertiary/aromatic N) is 1. The molecular formula is C14H26N2O. The third kappa shape index (κ3) is 2.82. The van der Waals surface area contributed by atoms with E-state index in [1.807, 2.05) is 14.0 Å². The maximum absolute atomic E-state index is 12.2. The lowest BCUT2D eigenvalue weighted by Gasteiger charge is -2.40. The van der Waals surface area contributed by atoms with Gasteiger partial charge in [-0.15, -0.1) is 0 Å². The van der Waals surface area contributed by atoms with Crippen molar-refractivity contribution < 1.29 is 4.79 Å². The van der Waals surface area contributed by atoms with E-state index in [4.69, 9.17) is 0 Å². The SMILES string of the molecule is CNCC(C)C(=O)N1CCC2(CCCC2)CC1. The third-order valence-corrected chi connectivity index (χ3v) is 4.73. The van der Waals surface area contributed by atoms with Gasteiger partial charge in [0.25, 0.3) is 0 Å². The first-order chi connectivity index (χ1) is 8.17. The summed E-state index contributed by atoms with van der Waals surface area (Å²) in [5.74, 6) is 0.463. The Morgan fingerprint density at radius 2 is 1.82 bits per heavy atom. The number of carbonyl (C=O) groups excluding carboxylic acids is 1. The molecule has 2 aliphatic rings. The van der Waals surface area contributed by atoms with E-state index in [2.05, 4.69) is 10.2 Å². The van der Waals surface area contributed by atoms with Crippen LogP contribution in [0.25, 0.3) is 0 Å². The average molecular weight is 238 g/mol. The molecule has 1 aliphatic heterocycles. The van der Waals surface area contributed by atoms with Gasteiger partial charge in [0.15, 0.2) is 0 Å². The van der Waals surface area contributed by atoms with E-state index in [1.165, 1.54) is 38.5 Å². The van der Waals surface area contributed by atoms with Crippen LogP contribution < -0.4 is 5.32 Å². The van der Waals surface area contributed by atoms with Crippen molar-refractivity contribution in [3.05, 3.63) is 0 Å². The van der Waals surface area contributed by atoms with Gasteiger partial charge in [0.05, 0.1) is 0 Å². The summed E-state index contributed by atoms with van der Waals surface area (Å²) in [6.07, 6.45) is 8.10. The number of amides is 1. The zero-order valence-electron chi connectivity index (χ0n) is 11.3. The van der Waals surface area contributed by atoms with Crippen LogP contribution in [0.2, 0.25) is 0 Å². The van der Waals surface area contributed by atoms with Crippen LogP contribution >= 0.6 is 0 Å². The number of carbonyl (C=O) groups is 1. The van der Waals surface area contributed by atoms with Crippen LogP contribution in [0.15, 0.2) is 0 Å². The molecule has 1 atom stereocenters. The van der Waals surface area contributed by atoms with Crippen molar-refractivity contribution in [3.8, 4) is 0 Å². The zero-order chi connectivity index (χ0) is 12.3. The van der Waals surface area contributed by atoms with Gasteiger partial charge in [0.1, 0.15) is 0 Å². The van der Waals surface area contributed by atoms with Crippen molar-refractivity contribution in [1.82, 2.24) is 10.2 Å². The van der Waals surface area contributed by atoms with Crippen LogP contribution in [0.4, 0.5) is 0 Å². The summed E-state index contributed by atoms with van der Waals surface area (Å²) in [6.45, 7) is 4.80. The highest BCUT2D eigenvalue weighted by Gasteiger charge is 2.38. The van der Waals surface area contributed by atoms with Crippen molar-refractivity contribution in [3.63, 3.8) is 0 Å². The van der Waals surface area contributed by atoms with E-state index in [1.54, 1.807) is 0 Å². The van der Waals surface area contributed by atoms with Crippen molar-refractivity contribution in [1.29, 1.82) is 0 Å². The summed E-state index contributed by atoms with van der Waals surface area (Å²) in [6, 6.07) is 0. The number of hydrogen-bond acceptors (Lipinski definition) is 2. The molecule has 3 heteroatoms. The molecule has 1 aliphatic carbocycles. The molecule has 0 aromatic carbocycles. The molecule has 0 aromatic heterocycles. The molecule has 2 rings (SSSR count). The molecule has 98 valence electrons. The molecule has 3 nitrogen and oxygen atoms in total. The Balaban J connectivity index is 1.84. The Bertz CT molecular complexity index is 261. The normalized spacial score (nSPS) is 25.2. The standard InChI is InChI=1S/C14H26N2O/c1-12(11-15-2)13(17)16-9-7-14(8-10-16)5-3-4-6-14/h12,15H,3-11H2,1-2H3. The first-order valence-electron chi connectivity index (χ1n) is 7.10. The highest BCUT2D eigenvalue weighted by atomic mass is 16.2. The quantitative estimate of drug-likeness (QED) is 0.816. The summed E-state index contributed by atoms with van der Waals surface area (Å²) < 4.78 is 0. The molecule has 0 radical (unpaired) electrons. The second-order valence-electron chi connectivity index (χ2n) is 5.99. The second-order valence-corrected chi connectivity index (χ2v) is 5.99. The summed E-state index contributed by atoms with van der Waals surface area (Å²) in [7, 11) is 1.91. The second kappa shape index (κ2) is 5.38. The van der Waals surface area contributed by atoms with Gasteiger partial charge in [-0.1, -0.05) is 19.8 Å². The number of rotatable bonds is 3. The van der Waals surface area contributed by atoms with Crippen molar-refractivity contribution >= 4 is 5.91 Å². The van der Waals surface area contributed by atoms with E-state index in [9.17, 15) is 4.79 Å². The third-order valence-electron chi connectivity index (χ3n) is 4.73. The predicted molar refractivity (Wildman–Crippen MR) is 69.8 cm³/mol. The average Bonchev–Trinajstić information content (AvgIpc) is 2.78. The van der Waals surface area contributed by atoms with Gasteiger partial charge in [0, 0.05) is 25.6 Å². The fraction of sp³-hybridized carbons (Fsp3) is 0.929. The van der Waals surface area contributed by atoms with Gasteiger partial charge >= 0.3 is 0 Å². The number of nitrogens with one attached hydrogen (secondary N) is 1. The van der Waals surface area contributed by atoms with Crippen LogP contribution in [-0.4, -0.2) is 37.5 Å². The van der Waals surface area contributed by atoms with Gasteiger partial charge < -0.3 is 10.2 Å². The molecule has 1 saturated carbocycles. The van der Waals surface area contributed by atoms with E-state index >= 15 is 0 Å². The van der Waals surface area contributed by atoms with Crippen molar-refractivity contribution in [2.24, 2.45) is 11.3 Å². The van der Waals surface area contributed by atoms with Crippen LogP contribution in [-0.2, 0) is 4.79 Å². The first-order valence-corrected chi connectivity index (χ1v) is 7.10. The molecule has 0 bridgehead atoms. The fourth-order valence-corrected chi connectivity index (χ4v) is 3.53. The predicted octanol–water partition coefficient (Wildman–Crippen LogP) is 2.02. The van der Waals surface area contributed by atoms with Gasteiger partial charge in [-0.2, -0.15) is 0 Å². The highest BCUT2D eigenvalue weighted by molar-refractivity contribution is 5.78. The van der Waals surface area contributed by atoms with E-state index in [0.717, 1.165) is 19.6 Å². The Morgan fingerprint density at radius 3 is 2.35 bits per heavy atom. The van der Waals surface area contributed by atoms with Gasteiger partial charge in [-0.05, 0) is 38.1 Å². The first kappa shape index (κ1) is 12.9. The summed E-state index contributed by atoms with van der Waals surface area (Å²) >= 11 is 0. The van der Waals surface area contributed by atoms with Gasteiger partial charge in [0.2, 0.25) is 5.91 Å². The lowest BCUT2D eigenvalue weighted by molar-refractivity contribution is -0.137. The summed E-state index contributed by atoms with van der Waals surface area (Å²) in [5, 5.41) is 3.09. The maximum atomic E-state index is 12.2. The Kier molecular flexibility index (Phi) is 4.08. The zero-order valence-corrected chi connectivity index (χ0v) is 11.3. The van der Waals surface area contributed by atoms with Crippen molar-refractivity contribution in [2.45, 2.75) is 45.4 Å². The molecular weight excluding hydrogens is 212 g/mol. The van der Waals surface area contributed by atoms with Crippen LogP contribution in [0, 0.1) is 11.3 Å². The Labute approximate surface area is 105 Å². The van der Waals surface area contributed by atoms with Crippen LogP contribution in [0.5, 0.6) is 0 Å². The molecule has 1 saturated heterocycles. The van der Waals surface area contributed by atoms with Crippen LogP contribution in [0.3, 0.4) is 0 Å². The lowest BCUT2D eigenvalue weighted by Crippen LogP contribution is -2.45. The molecule has 17 heavy (non-hydrogen) atoms. The minimum Gasteiger partial charge on any atom is -0.342 e. The Hall–Kier alpha value is -0.570. The molecule has 0 aromatic rings. The number of piperidine rings is 1. The molecule has 1 spiro atoms. The summed E-state index contributed by atoms with van der Waals surface area (Å²) in [5.41, 5.74) is 0.614. The number of likely N-dealkylation sites (tertiary alicyclic amines) is 1. The maximum Gasteiger partial charge on any atom is 0.226 e. The summed E-state index contributed by atoms with van der Waals surface area (Å²) in [4.78, 5) is 14.3. The lowest BCUT2D eigenvalue weighted by atomic mass is 9.77. The Morgan fingerprint density at radius 1 is 1.24 bits per heavy atom. The van der Waals surface area contributed by atoms with Gasteiger partial charge in [-0.25, -0.2) is 0 Å². The van der Waals surface area contributed by atoms with Crippen LogP contribution in [0.1, 0.15) is 45.4 Å².